The van der Waals surface area contributed by atoms with Gasteiger partial charge >= 0.3 is 6.18 Å². The van der Waals surface area contributed by atoms with Crippen LogP contribution >= 0.6 is 0 Å². The third-order valence-electron chi connectivity index (χ3n) is 4.48. The van der Waals surface area contributed by atoms with E-state index >= 15 is 0 Å². The van der Waals surface area contributed by atoms with Crippen molar-refractivity contribution in [2.24, 2.45) is 0 Å². The number of benzene rings is 1. The molecule has 25 heavy (non-hydrogen) atoms. The zero-order valence-electron chi connectivity index (χ0n) is 14.2. The number of carbonyl (C=O) groups is 1. The number of hydrogen-bond donors (Lipinski definition) is 1. The highest BCUT2D eigenvalue weighted by atomic mass is 19.4. The summed E-state index contributed by atoms with van der Waals surface area (Å²) in [5.74, 6) is -0.0849. The standard InChI is InChI=1S/C18H20F3N3O/c1-11-3-4-14(9-12(11)2)17(25)22-7-8-24-15(13-5-6-13)10-16(23-24)18(19,20)21/h3-4,9-10,13H,5-8H2,1-2H3,(H,22,25). The van der Waals surface area contributed by atoms with Gasteiger partial charge in [0.05, 0.1) is 6.54 Å². The summed E-state index contributed by atoms with van der Waals surface area (Å²) in [7, 11) is 0. The van der Waals surface area contributed by atoms with E-state index in [9.17, 15) is 18.0 Å². The second-order valence-electron chi connectivity index (χ2n) is 6.50. The van der Waals surface area contributed by atoms with E-state index in [1.807, 2.05) is 19.9 Å². The Morgan fingerprint density at radius 3 is 2.56 bits per heavy atom. The minimum atomic E-state index is -4.45. The normalized spacial score (nSPS) is 14.6. The van der Waals surface area contributed by atoms with Crippen molar-refractivity contribution in [3.05, 3.63) is 52.3 Å². The zero-order chi connectivity index (χ0) is 18.2. The van der Waals surface area contributed by atoms with E-state index < -0.39 is 11.9 Å². The van der Waals surface area contributed by atoms with E-state index in [4.69, 9.17) is 0 Å². The number of alkyl halides is 3. The van der Waals surface area contributed by atoms with Crippen LogP contribution in [0.1, 0.15) is 51.6 Å². The highest BCUT2D eigenvalue weighted by Crippen LogP contribution is 2.42. The average molecular weight is 351 g/mol. The molecule has 0 unspecified atom stereocenters. The third-order valence-corrected chi connectivity index (χ3v) is 4.48. The van der Waals surface area contributed by atoms with E-state index in [2.05, 4.69) is 10.4 Å². The first-order valence-corrected chi connectivity index (χ1v) is 8.26. The van der Waals surface area contributed by atoms with E-state index in [1.165, 1.54) is 4.68 Å². The van der Waals surface area contributed by atoms with Crippen molar-refractivity contribution < 1.29 is 18.0 Å². The van der Waals surface area contributed by atoms with Gasteiger partial charge in [0.25, 0.3) is 5.91 Å². The van der Waals surface area contributed by atoms with Gasteiger partial charge in [0.2, 0.25) is 0 Å². The van der Waals surface area contributed by atoms with Crippen LogP contribution in [0.3, 0.4) is 0 Å². The van der Waals surface area contributed by atoms with Crippen molar-refractivity contribution in [1.82, 2.24) is 15.1 Å². The molecule has 7 heteroatoms. The number of aryl methyl sites for hydroxylation is 2. The maximum Gasteiger partial charge on any atom is 0.435 e. The van der Waals surface area contributed by atoms with Crippen LogP contribution < -0.4 is 5.32 Å². The first-order chi connectivity index (χ1) is 11.8. The van der Waals surface area contributed by atoms with Gasteiger partial charge in [-0.2, -0.15) is 18.3 Å². The zero-order valence-corrected chi connectivity index (χ0v) is 14.2. The van der Waals surface area contributed by atoms with Crippen molar-refractivity contribution >= 4 is 5.91 Å². The molecule has 0 radical (unpaired) electrons. The fourth-order valence-corrected chi connectivity index (χ4v) is 2.72. The number of halogens is 3. The lowest BCUT2D eigenvalue weighted by Crippen LogP contribution is -2.28. The maximum absolute atomic E-state index is 12.9. The molecule has 1 fully saturated rings. The van der Waals surface area contributed by atoms with Gasteiger partial charge in [0, 0.05) is 23.7 Å². The monoisotopic (exact) mass is 351 g/mol. The number of amides is 1. The van der Waals surface area contributed by atoms with Gasteiger partial charge in [0.15, 0.2) is 5.69 Å². The van der Waals surface area contributed by atoms with Gasteiger partial charge in [0.1, 0.15) is 0 Å². The first kappa shape index (κ1) is 17.5. The van der Waals surface area contributed by atoms with Gasteiger partial charge in [-0.1, -0.05) is 6.07 Å². The summed E-state index contributed by atoms with van der Waals surface area (Å²) < 4.78 is 40.0. The molecule has 0 aliphatic heterocycles. The molecule has 1 heterocycles. The Balaban J connectivity index is 1.64. The molecule has 1 N–H and O–H groups in total. The summed E-state index contributed by atoms with van der Waals surface area (Å²) in [6, 6.07) is 6.54. The molecule has 4 nitrogen and oxygen atoms in total. The van der Waals surface area contributed by atoms with E-state index in [1.54, 1.807) is 12.1 Å². The fraction of sp³-hybridized carbons (Fsp3) is 0.444. The smallest absolute Gasteiger partial charge is 0.350 e. The number of aromatic nitrogens is 2. The Bertz CT molecular complexity index is 791. The highest BCUT2D eigenvalue weighted by Gasteiger charge is 2.37. The van der Waals surface area contributed by atoms with Gasteiger partial charge in [-0.25, -0.2) is 0 Å². The SMILES string of the molecule is Cc1ccc(C(=O)NCCn2nc(C(F)(F)F)cc2C2CC2)cc1C. The lowest BCUT2D eigenvalue weighted by atomic mass is 10.1. The van der Waals surface area contributed by atoms with E-state index in [0.717, 1.165) is 30.0 Å². The van der Waals surface area contributed by atoms with Crippen molar-refractivity contribution in [3.63, 3.8) is 0 Å². The van der Waals surface area contributed by atoms with Crippen LogP contribution in [0.25, 0.3) is 0 Å². The van der Waals surface area contributed by atoms with Gasteiger partial charge in [-0.3, -0.25) is 9.48 Å². The lowest BCUT2D eigenvalue weighted by Gasteiger charge is -2.09. The van der Waals surface area contributed by atoms with Gasteiger partial charge in [-0.05, 0) is 56.0 Å². The number of carbonyl (C=O) groups excluding carboxylic acids is 1. The largest absolute Gasteiger partial charge is 0.435 e. The van der Waals surface area contributed by atoms with Crippen molar-refractivity contribution in [2.75, 3.05) is 6.54 Å². The summed E-state index contributed by atoms with van der Waals surface area (Å²) in [6.45, 7) is 4.34. The minimum Gasteiger partial charge on any atom is -0.350 e. The van der Waals surface area contributed by atoms with E-state index in [0.29, 0.717) is 11.3 Å². The first-order valence-electron chi connectivity index (χ1n) is 8.26. The highest BCUT2D eigenvalue weighted by molar-refractivity contribution is 5.94. The molecule has 3 rings (SSSR count). The molecular weight excluding hydrogens is 331 g/mol. The predicted octanol–water partition coefficient (Wildman–Crippen LogP) is 3.83. The summed E-state index contributed by atoms with van der Waals surface area (Å²) in [5, 5.41) is 6.43. The number of rotatable bonds is 5. The van der Waals surface area contributed by atoms with Crippen LogP contribution in [0.4, 0.5) is 13.2 Å². The molecule has 1 amide bonds. The van der Waals surface area contributed by atoms with Crippen molar-refractivity contribution in [3.8, 4) is 0 Å². The summed E-state index contributed by atoms with van der Waals surface area (Å²) in [5.41, 5.74) is 2.40. The minimum absolute atomic E-state index is 0.152. The van der Waals surface area contributed by atoms with Crippen LogP contribution in [0.5, 0.6) is 0 Å². The summed E-state index contributed by atoms with van der Waals surface area (Å²) in [6.07, 6.45) is -2.67. The molecule has 1 aliphatic carbocycles. The second kappa shape index (κ2) is 6.54. The predicted molar refractivity (Wildman–Crippen MR) is 87.5 cm³/mol. The second-order valence-corrected chi connectivity index (χ2v) is 6.50. The number of nitrogens with one attached hydrogen (secondary N) is 1. The molecule has 0 atom stereocenters. The Hall–Kier alpha value is -2.31. The van der Waals surface area contributed by atoms with Gasteiger partial charge in [-0.15, -0.1) is 0 Å². The molecule has 1 aromatic heterocycles. The number of hydrogen-bond acceptors (Lipinski definition) is 2. The summed E-state index contributed by atoms with van der Waals surface area (Å²) >= 11 is 0. The average Bonchev–Trinajstić information content (AvgIpc) is 3.29. The van der Waals surface area contributed by atoms with Crippen molar-refractivity contribution in [1.29, 1.82) is 0 Å². The Labute approximate surface area is 144 Å². The Kier molecular flexibility index (Phi) is 4.58. The number of nitrogens with zero attached hydrogens (tertiary/aromatic N) is 2. The van der Waals surface area contributed by atoms with Gasteiger partial charge < -0.3 is 5.32 Å². The Morgan fingerprint density at radius 1 is 1.24 bits per heavy atom. The fourth-order valence-electron chi connectivity index (χ4n) is 2.72. The Morgan fingerprint density at radius 2 is 1.96 bits per heavy atom. The molecule has 1 saturated carbocycles. The molecule has 0 bridgehead atoms. The molecular formula is C18H20F3N3O. The van der Waals surface area contributed by atoms with Crippen molar-refractivity contribution in [2.45, 2.75) is 45.3 Å². The topological polar surface area (TPSA) is 46.9 Å². The van der Waals surface area contributed by atoms with Crippen LogP contribution in [-0.4, -0.2) is 22.2 Å². The molecule has 2 aromatic rings. The van der Waals surface area contributed by atoms with E-state index in [-0.39, 0.29) is 24.9 Å². The molecule has 134 valence electrons. The molecule has 0 spiro atoms. The quantitative estimate of drug-likeness (QED) is 0.890. The van der Waals surface area contributed by atoms with Crippen LogP contribution in [0.2, 0.25) is 0 Å². The lowest BCUT2D eigenvalue weighted by molar-refractivity contribution is -0.141. The third kappa shape index (κ3) is 4.03. The molecule has 0 saturated heterocycles. The molecule has 1 aromatic carbocycles. The maximum atomic E-state index is 12.9. The van der Waals surface area contributed by atoms with Crippen LogP contribution in [-0.2, 0) is 12.7 Å². The molecule has 1 aliphatic rings. The van der Waals surface area contributed by atoms with Crippen LogP contribution in [0, 0.1) is 13.8 Å². The summed E-state index contributed by atoms with van der Waals surface area (Å²) in [4.78, 5) is 12.2. The van der Waals surface area contributed by atoms with Crippen LogP contribution in [0.15, 0.2) is 24.3 Å².